The Bertz CT molecular complexity index is 511. The van der Waals surface area contributed by atoms with Crippen LogP contribution in [0.3, 0.4) is 0 Å². The summed E-state index contributed by atoms with van der Waals surface area (Å²) in [7, 11) is 0. The van der Waals surface area contributed by atoms with Crippen LogP contribution < -0.4 is 5.32 Å². The predicted molar refractivity (Wildman–Crippen MR) is 73.0 cm³/mol. The van der Waals surface area contributed by atoms with E-state index in [1.54, 1.807) is 29.8 Å². The molecule has 0 bridgehead atoms. The van der Waals surface area contributed by atoms with Crippen molar-refractivity contribution in [2.45, 2.75) is 19.4 Å². The third-order valence-electron chi connectivity index (χ3n) is 2.21. The van der Waals surface area contributed by atoms with Gasteiger partial charge in [0.15, 0.2) is 0 Å². The standard InChI is InChI=1S/C11H11Cl2N3S/c1-11(2,10-14-3-4-17-10)16-9-8(13)5-7(12)6-15-9/h3-6H,1-2H3,(H,15,16). The molecule has 0 spiro atoms. The monoisotopic (exact) mass is 287 g/mol. The molecule has 0 fully saturated rings. The molecule has 3 nitrogen and oxygen atoms in total. The fourth-order valence-electron chi connectivity index (χ4n) is 1.39. The van der Waals surface area contributed by atoms with Crippen LogP contribution in [-0.2, 0) is 5.54 Å². The summed E-state index contributed by atoms with van der Waals surface area (Å²) in [5.74, 6) is 0.608. The maximum atomic E-state index is 6.07. The van der Waals surface area contributed by atoms with Gasteiger partial charge in [0, 0.05) is 17.8 Å². The Morgan fingerprint density at radius 1 is 1.29 bits per heavy atom. The fraction of sp³-hybridized carbons (Fsp3) is 0.273. The van der Waals surface area contributed by atoms with E-state index >= 15 is 0 Å². The highest BCUT2D eigenvalue weighted by Gasteiger charge is 2.24. The molecule has 0 aromatic carbocycles. The minimum atomic E-state index is -0.321. The first-order chi connectivity index (χ1) is 7.99. The highest BCUT2D eigenvalue weighted by molar-refractivity contribution is 7.09. The highest BCUT2D eigenvalue weighted by Crippen LogP contribution is 2.30. The van der Waals surface area contributed by atoms with Crippen LogP contribution in [0.5, 0.6) is 0 Å². The van der Waals surface area contributed by atoms with Crippen molar-refractivity contribution in [1.82, 2.24) is 9.97 Å². The lowest BCUT2D eigenvalue weighted by Gasteiger charge is -2.24. The number of rotatable bonds is 3. The molecule has 2 aromatic rings. The predicted octanol–water partition coefficient (Wildman–Crippen LogP) is 4.19. The van der Waals surface area contributed by atoms with Crippen molar-refractivity contribution in [2.24, 2.45) is 0 Å². The van der Waals surface area contributed by atoms with Crippen molar-refractivity contribution in [3.63, 3.8) is 0 Å². The number of anilines is 1. The number of nitrogens with one attached hydrogen (secondary N) is 1. The smallest absolute Gasteiger partial charge is 0.145 e. The summed E-state index contributed by atoms with van der Waals surface area (Å²) in [4.78, 5) is 8.47. The van der Waals surface area contributed by atoms with E-state index in [-0.39, 0.29) is 5.54 Å². The molecular weight excluding hydrogens is 277 g/mol. The fourth-order valence-corrected chi connectivity index (χ4v) is 2.53. The molecule has 0 atom stereocenters. The van der Waals surface area contributed by atoms with Gasteiger partial charge in [-0.25, -0.2) is 9.97 Å². The van der Waals surface area contributed by atoms with Crippen molar-refractivity contribution in [3.8, 4) is 0 Å². The van der Waals surface area contributed by atoms with Gasteiger partial charge in [0.25, 0.3) is 0 Å². The van der Waals surface area contributed by atoms with Crippen molar-refractivity contribution in [1.29, 1.82) is 0 Å². The molecule has 0 unspecified atom stereocenters. The van der Waals surface area contributed by atoms with Crippen LogP contribution in [-0.4, -0.2) is 9.97 Å². The molecule has 2 rings (SSSR count). The first-order valence-electron chi connectivity index (χ1n) is 4.98. The Balaban J connectivity index is 2.26. The van der Waals surface area contributed by atoms with E-state index in [0.29, 0.717) is 15.9 Å². The summed E-state index contributed by atoms with van der Waals surface area (Å²) in [5.41, 5.74) is -0.321. The third kappa shape index (κ3) is 2.89. The Morgan fingerprint density at radius 3 is 2.65 bits per heavy atom. The zero-order valence-electron chi connectivity index (χ0n) is 9.37. The van der Waals surface area contributed by atoms with Crippen LogP contribution in [0, 0.1) is 0 Å². The van der Waals surface area contributed by atoms with Gasteiger partial charge in [-0.2, -0.15) is 0 Å². The number of aromatic nitrogens is 2. The second kappa shape index (κ2) is 4.80. The lowest BCUT2D eigenvalue weighted by molar-refractivity contribution is 0.601. The van der Waals surface area contributed by atoms with E-state index in [1.807, 2.05) is 19.2 Å². The number of thiazole rings is 1. The van der Waals surface area contributed by atoms with E-state index in [9.17, 15) is 0 Å². The Labute approximate surface area is 114 Å². The number of hydrogen-bond donors (Lipinski definition) is 1. The van der Waals surface area contributed by atoms with Gasteiger partial charge < -0.3 is 5.32 Å². The number of pyridine rings is 1. The first kappa shape index (κ1) is 12.6. The van der Waals surface area contributed by atoms with Crippen molar-refractivity contribution >= 4 is 40.4 Å². The largest absolute Gasteiger partial charge is 0.357 e. The molecule has 0 aliphatic rings. The van der Waals surface area contributed by atoms with Crippen molar-refractivity contribution in [3.05, 3.63) is 38.9 Å². The van der Waals surface area contributed by atoms with E-state index in [0.717, 1.165) is 5.01 Å². The van der Waals surface area contributed by atoms with Crippen molar-refractivity contribution < 1.29 is 0 Å². The zero-order valence-corrected chi connectivity index (χ0v) is 11.7. The molecule has 6 heteroatoms. The highest BCUT2D eigenvalue weighted by atomic mass is 35.5. The van der Waals surface area contributed by atoms with Crippen LogP contribution in [0.4, 0.5) is 5.82 Å². The molecule has 0 aliphatic heterocycles. The zero-order chi connectivity index (χ0) is 12.5. The molecule has 2 aromatic heterocycles. The summed E-state index contributed by atoms with van der Waals surface area (Å²) in [6.45, 7) is 4.05. The topological polar surface area (TPSA) is 37.8 Å². The minimum absolute atomic E-state index is 0.321. The maximum absolute atomic E-state index is 6.07. The van der Waals surface area contributed by atoms with Gasteiger partial charge in [-0.15, -0.1) is 11.3 Å². The quantitative estimate of drug-likeness (QED) is 0.920. The van der Waals surface area contributed by atoms with Gasteiger partial charge >= 0.3 is 0 Å². The van der Waals surface area contributed by atoms with E-state index in [4.69, 9.17) is 23.2 Å². The summed E-state index contributed by atoms with van der Waals surface area (Å²) in [6.07, 6.45) is 3.34. The Morgan fingerprint density at radius 2 is 2.06 bits per heavy atom. The average Bonchev–Trinajstić information content (AvgIpc) is 2.76. The molecular formula is C11H11Cl2N3S. The van der Waals surface area contributed by atoms with E-state index < -0.39 is 0 Å². The molecule has 90 valence electrons. The van der Waals surface area contributed by atoms with Crippen LogP contribution in [0.2, 0.25) is 10.0 Å². The Hall–Kier alpha value is -0.840. The van der Waals surface area contributed by atoms with Gasteiger partial charge in [0.1, 0.15) is 10.8 Å². The lowest BCUT2D eigenvalue weighted by atomic mass is 10.1. The number of nitrogens with zero attached hydrogens (tertiary/aromatic N) is 2. The molecule has 0 amide bonds. The van der Waals surface area contributed by atoms with Gasteiger partial charge in [-0.05, 0) is 19.9 Å². The normalized spacial score (nSPS) is 11.5. The van der Waals surface area contributed by atoms with Gasteiger partial charge in [-0.1, -0.05) is 23.2 Å². The van der Waals surface area contributed by atoms with Gasteiger partial charge in [-0.3, -0.25) is 0 Å². The molecule has 0 aliphatic carbocycles. The average molecular weight is 288 g/mol. The van der Waals surface area contributed by atoms with Gasteiger partial charge in [0.2, 0.25) is 0 Å². The van der Waals surface area contributed by atoms with Crippen molar-refractivity contribution in [2.75, 3.05) is 5.32 Å². The Kier molecular flexibility index (Phi) is 3.56. The molecule has 17 heavy (non-hydrogen) atoms. The van der Waals surface area contributed by atoms with Crippen LogP contribution >= 0.6 is 34.5 Å². The minimum Gasteiger partial charge on any atom is -0.357 e. The number of hydrogen-bond acceptors (Lipinski definition) is 4. The molecule has 0 saturated carbocycles. The van der Waals surface area contributed by atoms with Gasteiger partial charge in [0.05, 0.1) is 15.6 Å². The summed E-state index contributed by atoms with van der Waals surface area (Å²) in [6, 6.07) is 1.66. The lowest BCUT2D eigenvalue weighted by Crippen LogP contribution is -2.28. The number of halogens is 2. The third-order valence-corrected chi connectivity index (χ3v) is 3.80. The van der Waals surface area contributed by atoms with E-state index in [2.05, 4.69) is 15.3 Å². The van der Waals surface area contributed by atoms with Crippen LogP contribution in [0.15, 0.2) is 23.8 Å². The summed E-state index contributed by atoms with van der Waals surface area (Å²) < 4.78 is 0. The molecule has 0 saturated heterocycles. The first-order valence-corrected chi connectivity index (χ1v) is 6.62. The molecule has 2 heterocycles. The SMILES string of the molecule is CC(C)(Nc1ncc(Cl)cc1Cl)c1nccs1. The second-order valence-electron chi connectivity index (χ2n) is 4.07. The van der Waals surface area contributed by atoms with E-state index in [1.165, 1.54) is 0 Å². The molecule has 1 N–H and O–H groups in total. The second-order valence-corrected chi connectivity index (χ2v) is 5.81. The van der Waals surface area contributed by atoms with Crippen LogP contribution in [0.25, 0.3) is 0 Å². The molecule has 0 radical (unpaired) electrons. The van der Waals surface area contributed by atoms with Crippen LogP contribution in [0.1, 0.15) is 18.9 Å². The summed E-state index contributed by atoms with van der Waals surface area (Å²) >= 11 is 13.5. The maximum Gasteiger partial charge on any atom is 0.145 e. The summed E-state index contributed by atoms with van der Waals surface area (Å²) in [5, 5.41) is 7.20.